The van der Waals surface area contributed by atoms with E-state index in [9.17, 15) is 14.4 Å². The molecule has 0 N–H and O–H groups in total. The first-order chi connectivity index (χ1) is 13.3. The number of rotatable bonds is 3. The van der Waals surface area contributed by atoms with Crippen LogP contribution in [0.25, 0.3) is 11.1 Å². The van der Waals surface area contributed by atoms with E-state index in [1.165, 1.54) is 20.7 Å². The maximum Gasteiger partial charge on any atom is 0.248 e. The van der Waals surface area contributed by atoms with Crippen molar-refractivity contribution in [3.05, 3.63) is 27.6 Å². The van der Waals surface area contributed by atoms with Gasteiger partial charge in [0.2, 0.25) is 17.7 Å². The van der Waals surface area contributed by atoms with Gasteiger partial charge in [-0.1, -0.05) is 45.0 Å². The largest absolute Gasteiger partial charge is 0.496 e. The second kappa shape index (κ2) is 6.75. The Morgan fingerprint density at radius 2 is 1.86 bits per heavy atom. The summed E-state index contributed by atoms with van der Waals surface area (Å²) in [4.78, 5) is 40.1. The van der Waals surface area contributed by atoms with Crippen LogP contribution in [0.3, 0.4) is 0 Å². The maximum absolute atomic E-state index is 13.3. The molecule has 4 rings (SSSR count). The van der Waals surface area contributed by atoms with Gasteiger partial charge in [-0.05, 0) is 25.5 Å². The minimum atomic E-state index is -0.695. The number of anilines is 1. The summed E-state index contributed by atoms with van der Waals surface area (Å²) in [5.41, 5.74) is 1.94. The highest BCUT2D eigenvalue weighted by Crippen LogP contribution is 2.55. The number of likely N-dealkylation sites (tertiary alicyclic amines) is 1. The summed E-state index contributed by atoms with van der Waals surface area (Å²) in [6, 6.07) is 5.73. The number of methoxy groups -OCH3 is 1. The zero-order valence-corrected chi connectivity index (χ0v) is 18.1. The molecule has 1 aromatic carbocycles. The molecule has 146 valence electrons. The van der Waals surface area contributed by atoms with Crippen molar-refractivity contribution >= 4 is 55.6 Å². The second-order valence-electron chi connectivity index (χ2n) is 7.18. The van der Waals surface area contributed by atoms with Gasteiger partial charge in [0.05, 0.1) is 12.6 Å². The Morgan fingerprint density at radius 1 is 1.18 bits per heavy atom. The molecule has 1 saturated heterocycles. The Labute approximate surface area is 174 Å². The fourth-order valence-corrected chi connectivity index (χ4v) is 6.83. The van der Waals surface area contributed by atoms with Crippen molar-refractivity contribution in [3.8, 4) is 16.9 Å². The summed E-state index contributed by atoms with van der Waals surface area (Å²) >= 11 is 5.57. The number of fused-ring (bicyclic) bond motifs is 3. The molecule has 0 bridgehead atoms. The third-order valence-corrected chi connectivity index (χ3v) is 8.21. The molecule has 0 spiro atoms. The molecule has 0 saturated carbocycles. The van der Waals surface area contributed by atoms with Crippen molar-refractivity contribution in [2.45, 2.75) is 32.2 Å². The molecule has 6 nitrogen and oxygen atoms in total. The fraction of sp³-hybridized carbons (Fsp3) is 0.368. The number of carbonyl (C=O) groups is 3. The average molecular weight is 435 g/mol. The lowest BCUT2D eigenvalue weighted by atomic mass is 9.82. The topological polar surface area (TPSA) is 66.9 Å². The summed E-state index contributed by atoms with van der Waals surface area (Å²) in [5.74, 6) is -0.185. The van der Waals surface area contributed by atoms with E-state index in [0.29, 0.717) is 9.57 Å². The Morgan fingerprint density at radius 3 is 2.50 bits per heavy atom. The van der Waals surface area contributed by atoms with E-state index < -0.39 is 5.54 Å². The molecule has 0 aliphatic carbocycles. The van der Waals surface area contributed by atoms with Crippen LogP contribution in [-0.2, 0) is 19.9 Å². The quantitative estimate of drug-likeness (QED) is 0.416. The van der Waals surface area contributed by atoms with Gasteiger partial charge in [-0.15, -0.1) is 0 Å². The lowest BCUT2D eigenvalue weighted by Crippen LogP contribution is -2.52. The van der Waals surface area contributed by atoms with E-state index >= 15 is 0 Å². The molecule has 0 unspecified atom stereocenters. The minimum Gasteiger partial charge on any atom is -0.496 e. The summed E-state index contributed by atoms with van der Waals surface area (Å²) in [6.07, 6.45) is 0.330. The Bertz CT molecular complexity index is 1050. The second-order valence-corrected chi connectivity index (χ2v) is 9.97. The van der Waals surface area contributed by atoms with Crippen molar-refractivity contribution < 1.29 is 19.1 Å². The Kier molecular flexibility index (Phi) is 4.64. The van der Waals surface area contributed by atoms with E-state index in [-0.39, 0.29) is 37.1 Å². The van der Waals surface area contributed by atoms with E-state index in [4.69, 9.17) is 17.0 Å². The lowest BCUT2D eigenvalue weighted by Gasteiger charge is -2.43. The van der Waals surface area contributed by atoms with Crippen LogP contribution in [0.1, 0.15) is 32.3 Å². The van der Waals surface area contributed by atoms with Crippen molar-refractivity contribution in [1.82, 2.24) is 4.90 Å². The van der Waals surface area contributed by atoms with Gasteiger partial charge in [0.1, 0.15) is 21.1 Å². The third kappa shape index (κ3) is 2.72. The van der Waals surface area contributed by atoms with Gasteiger partial charge in [-0.25, -0.2) is 0 Å². The molecular weight excluding hydrogens is 416 g/mol. The van der Waals surface area contributed by atoms with Crippen LogP contribution in [0.5, 0.6) is 5.75 Å². The van der Waals surface area contributed by atoms with Crippen LogP contribution >= 0.6 is 32.9 Å². The van der Waals surface area contributed by atoms with Crippen molar-refractivity contribution in [3.63, 3.8) is 0 Å². The summed E-state index contributed by atoms with van der Waals surface area (Å²) in [6.45, 7) is 3.65. The normalized spacial score (nSPS) is 17.5. The maximum atomic E-state index is 13.3. The fourth-order valence-electron chi connectivity index (χ4n) is 3.88. The number of amides is 3. The zero-order valence-electron chi connectivity index (χ0n) is 15.6. The summed E-state index contributed by atoms with van der Waals surface area (Å²) < 4.78 is 6.27. The number of nitrogens with zero attached hydrogens (tertiary/aromatic N) is 2. The Hall–Kier alpha value is -2.10. The predicted octanol–water partition coefficient (Wildman–Crippen LogP) is 3.95. The van der Waals surface area contributed by atoms with Crippen LogP contribution in [0.2, 0.25) is 0 Å². The summed E-state index contributed by atoms with van der Waals surface area (Å²) in [7, 11) is 4.47. The summed E-state index contributed by atoms with van der Waals surface area (Å²) in [5, 5.41) is 0.737. The van der Waals surface area contributed by atoms with Gasteiger partial charge in [0.15, 0.2) is 0 Å². The van der Waals surface area contributed by atoms with Gasteiger partial charge < -0.3 is 4.74 Å². The molecule has 1 fully saturated rings. The van der Waals surface area contributed by atoms with E-state index in [1.54, 1.807) is 12.0 Å². The predicted molar refractivity (Wildman–Crippen MR) is 111 cm³/mol. The van der Waals surface area contributed by atoms with Gasteiger partial charge in [-0.3, -0.25) is 24.2 Å². The molecule has 0 atom stereocenters. The van der Waals surface area contributed by atoms with Crippen LogP contribution in [0, 0.1) is 3.82 Å². The van der Waals surface area contributed by atoms with Gasteiger partial charge in [-0.2, -0.15) is 0 Å². The van der Waals surface area contributed by atoms with Crippen LogP contribution in [0.4, 0.5) is 5.00 Å². The number of benzene rings is 1. The standard InChI is InChI=1S/C19H18N2O4S3/c1-19(2)10-5-4-6-11(25-3)15(10)16-17(27-28-18(16)26)21(19)14(24)9-20-12(22)7-8-13(20)23/h4-6H,7-9H2,1-3H3. The first-order valence-electron chi connectivity index (χ1n) is 8.74. The highest BCUT2D eigenvalue weighted by molar-refractivity contribution is 7.80. The number of hydrogen-bond acceptors (Lipinski definition) is 7. The zero-order chi connectivity index (χ0) is 20.2. The molecule has 9 heteroatoms. The molecule has 3 amide bonds. The first-order valence-corrected chi connectivity index (χ1v) is 11.3. The molecule has 2 aliphatic heterocycles. The first kappa shape index (κ1) is 19.2. The lowest BCUT2D eigenvalue weighted by molar-refractivity contribution is -0.142. The van der Waals surface area contributed by atoms with Gasteiger partial charge in [0, 0.05) is 24.0 Å². The molecule has 2 aliphatic rings. The number of carbonyl (C=O) groups excluding carboxylic acids is 3. The number of hydrogen-bond donors (Lipinski definition) is 0. The molecule has 28 heavy (non-hydrogen) atoms. The molecule has 1 aromatic heterocycles. The van der Waals surface area contributed by atoms with E-state index in [0.717, 1.165) is 26.6 Å². The number of imide groups is 1. The van der Waals surface area contributed by atoms with Gasteiger partial charge >= 0.3 is 0 Å². The SMILES string of the molecule is COc1cccc2c1-c1c(ssc1=S)N(C(=O)CN1C(=O)CCC1=O)C2(C)C. The highest BCUT2D eigenvalue weighted by Gasteiger charge is 2.45. The van der Waals surface area contributed by atoms with E-state index in [2.05, 4.69) is 0 Å². The monoisotopic (exact) mass is 434 g/mol. The molecule has 2 aromatic rings. The van der Waals surface area contributed by atoms with Crippen molar-refractivity contribution in [1.29, 1.82) is 0 Å². The van der Waals surface area contributed by atoms with Crippen LogP contribution in [-0.4, -0.2) is 36.3 Å². The highest BCUT2D eigenvalue weighted by atomic mass is 32.9. The molecule has 3 heterocycles. The van der Waals surface area contributed by atoms with Crippen molar-refractivity contribution in [2.24, 2.45) is 0 Å². The Balaban J connectivity index is 1.85. The van der Waals surface area contributed by atoms with Crippen LogP contribution < -0.4 is 9.64 Å². The minimum absolute atomic E-state index is 0.165. The smallest absolute Gasteiger partial charge is 0.248 e. The van der Waals surface area contributed by atoms with Gasteiger partial charge in [0.25, 0.3) is 0 Å². The molecular formula is C19H18N2O4S3. The molecule has 0 radical (unpaired) electrons. The van der Waals surface area contributed by atoms with Crippen LogP contribution in [0.15, 0.2) is 18.2 Å². The van der Waals surface area contributed by atoms with Crippen molar-refractivity contribution in [2.75, 3.05) is 18.6 Å². The average Bonchev–Trinajstić information content (AvgIpc) is 3.18. The third-order valence-electron chi connectivity index (χ3n) is 5.23. The van der Waals surface area contributed by atoms with E-state index in [1.807, 2.05) is 32.0 Å². The number of ether oxygens (including phenoxy) is 1.